The number of nitrogens with two attached hydrogens (primary N) is 1. The maximum absolute atomic E-state index is 5.71. The van der Waals surface area contributed by atoms with Gasteiger partial charge in [-0.25, -0.2) is 0 Å². The van der Waals surface area contributed by atoms with Gasteiger partial charge in [-0.3, -0.25) is 4.98 Å². The molecule has 0 bridgehead atoms. The Kier molecular flexibility index (Phi) is 3.44. The molecule has 0 saturated carbocycles. The van der Waals surface area contributed by atoms with Crippen LogP contribution in [0.15, 0.2) is 18.3 Å². The van der Waals surface area contributed by atoms with Gasteiger partial charge in [-0.1, -0.05) is 13.8 Å². The van der Waals surface area contributed by atoms with Crippen LogP contribution in [0.2, 0.25) is 0 Å². The summed E-state index contributed by atoms with van der Waals surface area (Å²) >= 11 is 0. The Labute approximate surface area is 97.7 Å². The SMILES string of the molecule is CC(C)c1cc(N2CCC(CN)C2)ccn1. The molecule has 0 aromatic carbocycles. The first-order valence-corrected chi connectivity index (χ1v) is 6.11. The van der Waals surface area contributed by atoms with Crippen molar-refractivity contribution in [2.75, 3.05) is 24.5 Å². The van der Waals surface area contributed by atoms with E-state index in [1.165, 1.54) is 17.8 Å². The Balaban J connectivity index is 2.12. The summed E-state index contributed by atoms with van der Waals surface area (Å²) in [4.78, 5) is 6.82. The van der Waals surface area contributed by atoms with Gasteiger partial charge < -0.3 is 10.6 Å². The number of pyridine rings is 1. The molecule has 0 spiro atoms. The van der Waals surface area contributed by atoms with Crippen LogP contribution in [0, 0.1) is 5.92 Å². The molecule has 3 heteroatoms. The van der Waals surface area contributed by atoms with Gasteiger partial charge in [-0.2, -0.15) is 0 Å². The highest BCUT2D eigenvalue weighted by atomic mass is 15.2. The average Bonchev–Trinajstić information content (AvgIpc) is 2.77. The first-order valence-electron chi connectivity index (χ1n) is 6.11. The highest BCUT2D eigenvalue weighted by molar-refractivity contribution is 5.48. The molecule has 1 aliphatic heterocycles. The summed E-state index contributed by atoms with van der Waals surface area (Å²) in [5.41, 5.74) is 8.19. The van der Waals surface area contributed by atoms with Crippen LogP contribution in [0.3, 0.4) is 0 Å². The molecule has 88 valence electrons. The zero-order valence-electron chi connectivity index (χ0n) is 10.2. The lowest BCUT2D eigenvalue weighted by atomic mass is 10.1. The lowest BCUT2D eigenvalue weighted by Gasteiger charge is -2.19. The summed E-state index contributed by atoms with van der Waals surface area (Å²) in [5.74, 6) is 1.16. The number of rotatable bonds is 3. The van der Waals surface area contributed by atoms with E-state index in [9.17, 15) is 0 Å². The summed E-state index contributed by atoms with van der Waals surface area (Å²) in [6, 6.07) is 4.31. The van der Waals surface area contributed by atoms with Crippen LogP contribution in [0.4, 0.5) is 5.69 Å². The van der Waals surface area contributed by atoms with Crippen molar-refractivity contribution in [1.82, 2.24) is 4.98 Å². The number of hydrogen-bond acceptors (Lipinski definition) is 3. The molecule has 1 saturated heterocycles. The van der Waals surface area contributed by atoms with Gasteiger partial charge in [0.2, 0.25) is 0 Å². The van der Waals surface area contributed by atoms with E-state index in [1.54, 1.807) is 0 Å². The predicted molar refractivity (Wildman–Crippen MR) is 67.7 cm³/mol. The van der Waals surface area contributed by atoms with Crippen molar-refractivity contribution in [2.24, 2.45) is 11.7 Å². The second-order valence-electron chi connectivity index (χ2n) is 4.93. The molecule has 2 N–H and O–H groups in total. The first kappa shape index (κ1) is 11.4. The van der Waals surface area contributed by atoms with Crippen molar-refractivity contribution in [3.05, 3.63) is 24.0 Å². The van der Waals surface area contributed by atoms with Gasteiger partial charge in [0.05, 0.1) is 0 Å². The molecule has 1 unspecified atom stereocenters. The standard InChI is InChI=1S/C13H21N3/c1-10(2)13-7-12(3-5-15-13)16-6-4-11(8-14)9-16/h3,5,7,10-11H,4,6,8-9,14H2,1-2H3. The van der Waals surface area contributed by atoms with Gasteiger partial charge >= 0.3 is 0 Å². The van der Waals surface area contributed by atoms with E-state index >= 15 is 0 Å². The van der Waals surface area contributed by atoms with Crippen LogP contribution in [0.5, 0.6) is 0 Å². The van der Waals surface area contributed by atoms with Crippen molar-refractivity contribution in [3.8, 4) is 0 Å². The molecule has 2 heterocycles. The molecule has 0 amide bonds. The van der Waals surface area contributed by atoms with Crippen molar-refractivity contribution >= 4 is 5.69 Å². The van der Waals surface area contributed by atoms with Crippen LogP contribution in [-0.4, -0.2) is 24.6 Å². The van der Waals surface area contributed by atoms with Crippen LogP contribution in [-0.2, 0) is 0 Å². The Morgan fingerprint density at radius 2 is 2.38 bits per heavy atom. The van der Waals surface area contributed by atoms with E-state index in [4.69, 9.17) is 5.73 Å². The average molecular weight is 219 g/mol. The van der Waals surface area contributed by atoms with Crippen molar-refractivity contribution in [1.29, 1.82) is 0 Å². The molecular weight excluding hydrogens is 198 g/mol. The quantitative estimate of drug-likeness (QED) is 0.845. The molecule has 16 heavy (non-hydrogen) atoms. The normalized spacial score (nSPS) is 20.8. The Hall–Kier alpha value is -1.09. The molecule has 1 atom stereocenters. The lowest BCUT2D eigenvalue weighted by Crippen LogP contribution is -2.22. The van der Waals surface area contributed by atoms with Gasteiger partial charge in [-0.15, -0.1) is 0 Å². The van der Waals surface area contributed by atoms with Gasteiger partial charge in [0.1, 0.15) is 0 Å². The van der Waals surface area contributed by atoms with Crippen LogP contribution >= 0.6 is 0 Å². The molecule has 2 rings (SSSR count). The summed E-state index contributed by atoms with van der Waals surface area (Å²) < 4.78 is 0. The fraction of sp³-hybridized carbons (Fsp3) is 0.615. The van der Waals surface area contributed by atoms with E-state index < -0.39 is 0 Å². The topological polar surface area (TPSA) is 42.1 Å². The maximum atomic E-state index is 5.71. The number of hydrogen-bond donors (Lipinski definition) is 1. The smallest absolute Gasteiger partial charge is 0.0449 e. The third kappa shape index (κ3) is 2.35. The summed E-state index contributed by atoms with van der Waals surface area (Å²) in [6.45, 7) is 7.39. The van der Waals surface area contributed by atoms with E-state index in [0.717, 1.165) is 19.6 Å². The van der Waals surface area contributed by atoms with E-state index in [1.807, 2.05) is 6.20 Å². The number of nitrogens with zero attached hydrogens (tertiary/aromatic N) is 2. The molecule has 1 aromatic rings. The lowest BCUT2D eigenvalue weighted by molar-refractivity contribution is 0.602. The molecule has 0 radical (unpaired) electrons. The van der Waals surface area contributed by atoms with Crippen molar-refractivity contribution in [3.63, 3.8) is 0 Å². The maximum Gasteiger partial charge on any atom is 0.0449 e. The Bertz CT molecular complexity index is 349. The molecule has 1 fully saturated rings. The largest absolute Gasteiger partial charge is 0.371 e. The minimum atomic E-state index is 0.493. The zero-order valence-corrected chi connectivity index (χ0v) is 10.2. The van der Waals surface area contributed by atoms with Crippen molar-refractivity contribution in [2.45, 2.75) is 26.2 Å². The molecular formula is C13H21N3. The third-order valence-corrected chi connectivity index (χ3v) is 3.34. The summed E-state index contributed by atoms with van der Waals surface area (Å²) in [6.07, 6.45) is 3.14. The first-order chi connectivity index (χ1) is 7.70. The summed E-state index contributed by atoms with van der Waals surface area (Å²) in [5, 5.41) is 0. The molecule has 1 aromatic heterocycles. The molecule has 0 aliphatic carbocycles. The zero-order chi connectivity index (χ0) is 11.5. The fourth-order valence-electron chi connectivity index (χ4n) is 2.21. The summed E-state index contributed by atoms with van der Waals surface area (Å²) in [7, 11) is 0. The van der Waals surface area contributed by atoms with Gasteiger partial charge in [-0.05, 0) is 36.9 Å². The minimum Gasteiger partial charge on any atom is -0.371 e. The van der Waals surface area contributed by atoms with Gasteiger partial charge in [0.25, 0.3) is 0 Å². The molecule has 1 aliphatic rings. The molecule has 3 nitrogen and oxygen atoms in total. The van der Waals surface area contributed by atoms with E-state index in [0.29, 0.717) is 11.8 Å². The van der Waals surface area contributed by atoms with Crippen LogP contribution in [0.25, 0.3) is 0 Å². The third-order valence-electron chi connectivity index (χ3n) is 3.34. The second kappa shape index (κ2) is 4.83. The van der Waals surface area contributed by atoms with Gasteiger partial charge in [0, 0.05) is 30.7 Å². The minimum absolute atomic E-state index is 0.493. The monoisotopic (exact) mass is 219 g/mol. The predicted octanol–water partition coefficient (Wildman–Crippen LogP) is 1.99. The number of anilines is 1. The highest BCUT2D eigenvalue weighted by Gasteiger charge is 2.21. The van der Waals surface area contributed by atoms with E-state index in [2.05, 4.69) is 35.9 Å². The van der Waals surface area contributed by atoms with Gasteiger partial charge in [0.15, 0.2) is 0 Å². The number of aromatic nitrogens is 1. The van der Waals surface area contributed by atoms with E-state index in [-0.39, 0.29) is 0 Å². The Morgan fingerprint density at radius 1 is 1.56 bits per heavy atom. The van der Waals surface area contributed by atoms with Crippen LogP contribution in [0.1, 0.15) is 31.9 Å². The second-order valence-corrected chi connectivity index (χ2v) is 4.93. The van der Waals surface area contributed by atoms with Crippen LogP contribution < -0.4 is 10.6 Å². The fourth-order valence-corrected chi connectivity index (χ4v) is 2.21. The highest BCUT2D eigenvalue weighted by Crippen LogP contribution is 2.25. The van der Waals surface area contributed by atoms with Crippen molar-refractivity contribution < 1.29 is 0 Å². The Morgan fingerprint density at radius 3 is 3.00 bits per heavy atom.